The molecule has 0 bridgehead atoms. The van der Waals surface area contributed by atoms with Gasteiger partial charge in [-0.15, -0.1) is 0 Å². The van der Waals surface area contributed by atoms with Gasteiger partial charge in [-0.25, -0.2) is 4.98 Å². The number of pyridine rings is 1. The summed E-state index contributed by atoms with van der Waals surface area (Å²) in [6, 6.07) is 11.3. The third-order valence-electron chi connectivity index (χ3n) is 2.64. The van der Waals surface area contributed by atoms with E-state index in [2.05, 4.69) is 10.3 Å². The highest BCUT2D eigenvalue weighted by atomic mass is 35.5. The third-order valence-corrected chi connectivity index (χ3v) is 2.85. The fraction of sp³-hybridized carbons (Fsp3) is 0.0667. The van der Waals surface area contributed by atoms with Crippen LogP contribution in [0.5, 0.6) is 0 Å². The zero-order valence-electron chi connectivity index (χ0n) is 10.7. The van der Waals surface area contributed by atoms with Gasteiger partial charge in [0.15, 0.2) is 0 Å². The van der Waals surface area contributed by atoms with Crippen molar-refractivity contribution in [2.75, 3.05) is 5.73 Å². The van der Waals surface area contributed by atoms with Crippen molar-refractivity contribution in [3.63, 3.8) is 0 Å². The number of hydrogen-bond acceptors (Lipinski definition) is 3. The summed E-state index contributed by atoms with van der Waals surface area (Å²) in [5, 5.41) is 3.26. The van der Waals surface area contributed by atoms with E-state index in [4.69, 9.17) is 17.3 Å². The number of anilines is 1. The molecule has 1 amide bonds. The Labute approximate surface area is 122 Å². The molecule has 102 valence electrons. The lowest BCUT2D eigenvalue weighted by Gasteiger charge is -2.02. The first kappa shape index (κ1) is 14.1. The van der Waals surface area contributed by atoms with Gasteiger partial charge in [0.05, 0.1) is 5.02 Å². The number of benzene rings is 1. The Morgan fingerprint density at radius 2 is 2.10 bits per heavy atom. The molecule has 0 atom stereocenters. The van der Waals surface area contributed by atoms with Crippen LogP contribution in [0, 0.1) is 0 Å². The standard InChI is InChI=1S/C15H14ClN3O/c16-13-8-12(15(17)19-10-13)6-7-14(20)18-9-11-4-2-1-3-5-11/h1-8,10H,9H2,(H2,17,19)(H,18,20). The maximum atomic E-state index is 11.7. The maximum Gasteiger partial charge on any atom is 0.244 e. The fourth-order valence-corrected chi connectivity index (χ4v) is 1.77. The van der Waals surface area contributed by atoms with Crippen molar-refractivity contribution < 1.29 is 4.79 Å². The van der Waals surface area contributed by atoms with E-state index in [-0.39, 0.29) is 5.91 Å². The van der Waals surface area contributed by atoms with Crippen LogP contribution >= 0.6 is 11.6 Å². The summed E-state index contributed by atoms with van der Waals surface area (Å²) in [6.45, 7) is 0.479. The number of carbonyl (C=O) groups excluding carboxylic acids is 1. The summed E-state index contributed by atoms with van der Waals surface area (Å²) in [6.07, 6.45) is 4.46. The average molecular weight is 288 g/mol. The van der Waals surface area contributed by atoms with E-state index in [1.165, 1.54) is 12.3 Å². The molecule has 0 radical (unpaired) electrons. The van der Waals surface area contributed by atoms with Crippen LogP contribution in [-0.4, -0.2) is 10.9 Å². The molecule has 1 aromatic carbocycles. The van der Waals surface area contributed by atoms with Gasteiger partial charge in [-0.1, -0.05) is 41.9 Å². The number of aromatic nitrogens is 1. The summed E-state index contributed by atoms with van der Waals surface area (Å²) in [5.74, 6) is 0.134. The summed E-state index contributed by atoms with van der Waals surface area (Å²) in [5.41, 5.74) is 7.35. The Hall–Kier alpha value is -2.33. The molecule has 2 aromatic rings. The normalized spacial score (nSPS) is 10.7. The molecule has 0 aliphatic rings. The van der Waals surface area contributed by atoms with Crippen LogP contribution < -0.4 is 11.1 Å². The smallest absolute Gasteiger partial charge is 0.244 e. The van der Waals surface area contributed by atoms with Gasteiger partial charge in [0.2, 0.25) is 5.91 Å². The van der Waals surface area contributed by atoms with Crippen molar-refractivity contribution in [2.24, 2.45) is 0 Å². The van der Waals surface area contributed by atoms with Crippen molar-refractivity contribution in [3.05, 3.63) is 64.8 Å². The van der Waals surface area contributed by atoms with E-state index in [1.807, 2.05) is 30.3 Å². The molecule has 0 fully saturated rings. The zero-order valence-corrected chi connectivity index (χ0v) is 11.5. The number of nitrogens with one attached hydrogen (secondary N) is 1. The lowest BCUT2D eigenvalue weighted by Crippen LogP contribution is -2.20. The first-order chi connectivity index (χ1) is 9.65. The van der Waals surface area contributed by atoms with Crippen LogP contribution in [0.4, 0.5) is 5.82 Å². The number of amides is 1. The second-order valence-electron chi connectivity index (χ2n) is 4.16. The van der Waals surface area contributed by atoms with Gasteiger partial charge >= 0.3 is 0 Å². The molecule has 2 rings (SSSR count). The van der Waals surface area contributed by atoms with Crippen LogP contribution in [-0.2, 0) is 11.3 Å². The molecular formula is C15H14ClN3O. The van der Waals surface area contributed by atoms with Crippen molar-refractivity contribution in [3.8, 4) is 0 Å². The SMILES string of the molecule is Nc1ncc(Cl)cc1C=CC(=O)NCc1ccccc1. The molecule has 3 N–H and O–H groups in total. The summed E-state index contributed by atoms with van der Waals surface area (Å²) >= 11 is 5.82. The summed E-state index contributed by atoms with van der Waals surface area (Å²) < 4.78 is 0. The zero-order chi connectivity index (χ0) is 14.4. The molecule has 0 aliphatic heterocycles. The molecule has 0 aliphatic carbocycles. The first-order valence-corrected chi connectivity index (χ1v) is 6.44. The van der Waals surface area contributed by atoms with E-state index < -0.39 is 0 Å². The van der Waals surface area contributed by atoms with Crippen LogP contribution in [0.15, 0.2) is 48.7 Å². The Balaban J connectivity index is 1.94. The van der Waals surface area contributed by atoms with Crippen LogP contribution in [0.25, 0.3) is 6.08 Å². The molecule has 0 spiro atoms. The van der Waals surface area contributed by atoms with E-state index in [9.17, 15) is 4.79 Å². The molecule has 0 unspecified atom stereocenters. The molecule has 5 heteroatoms. The minimum atomic E-state index is -0.201. The van der Waals surface area contributed by atoms with E-state index in [1.54, 1.807) is 12.1 Å². The van der Waals surface area contributed by atoms with Crippen molar-refractivity contribution in [1.82, 2.24) is 10.3 Å². The topological polar surface area (TPSA) is 68.0 Å². The second kappa shape index (κ2) is 6.73. The van der Waals surface area contributed by atoms with E-state index >= 15 is 0 Å². The van der Waals surface area contributed by atoms with Crippen LogP contribution in [0.3, 0.4) is 0 Å². The predicted octanol–water partition coefficient (Wildman–Crippen LogP) is 2.65. The number of hydrogen-bond donors (Lipinski definition) is 2. The van der Waals surface area contributed by atoms with Gasteiger partial charge in [-0.2, -0.15) is 0 Å². The minimum Gasteiger partial charge on any atom is -0.383 e. The van der Waals surface area contributed by atoms with Gasteiger partial charge in [-0.3, -0.25) is 4.79 Å². The largest absolute Gasteiger partial charge is 0.383 e. The van der Waals surface area contributed by atoms with Gasteiger partial charge in [0.25, 0.3) is 0 Å². The number of nitrogens with zero attached hydrogens (tertiary/aromatic N) is 1. The molecule has 0 saturated heterocycles. The lowest BCUT2D eigenvalue weighted by molar-refractivity contribution is -0.116. The van der Waals surface area contributed by atoms with Gasteiger partial charge in [0.1, 0.15) is 5.82 Å². The minimum absolute atomic E-state index is 0.201. The quantitative estimate of drug-likeness (QED) is 0.850. The lowest BCUT2D eigenvalue weighted by atomic mass is 10.2. The maximum absolute atomic E-state index is 11.7. The number of rotatable bonds is 4. The molecule has 1 aromatic heterocycles. The fourth-order valence-electron chi connectivity index (χ4n) is 1.61. The van der Waals surface area contributed by atoms with Crippen molar-refractivity contribution in [1.29, 1.82) is 0 Å². The highest BCUT2D eigenvalue weighted by Crippen LogP contribution is 2.16. The van der Waals surface area contributed by atoms with Crippen molar-refractivity contribution in [2.45, 2.75) is 6.54 Å². The van der Waals surface area contributed by atoms with Gasteiger partial charge in [0, 0.05) is 24.4 Å². The van der Waals surface area contributed by atoms with Gasteiger partial charge < -0.3 is 11.1 Å². The number of nitrogens with two attached hydrogens (primary N) is 1. The Morgan fingerprint density at radius 1 is 1.35 bits per heavy atom. The summed E-state index contributed by atoms with van der Waals surface area (Å²) in [4.78, 5) is 15.6. The average Bonchev–Trinajstić information content (AvgIpc) is 2.47. The Bertz CT molecular complexity index is 626. The molecule has 1 heterocycles. The Kier molecular flexibility index (Phi) is 4.74. The van der Waals surface area contributed by atoms with Crippen LogP contribution in [0.1, 0.15) is 11.1 Å². The van der Waals surface area contributed by atoms with Crippen LogP contribution in [0.2, 0.25) is 5.02 Å². The van der Waals surface area contributed by atoms with Gasteiger partial charge in [-0.05, 0) is 17.7 Å². The number of halogens is 1. The number of nitrogen functional groups attached to an aromatic ring is 1. The molecule has 20 heavy (non-hydrogen) atoms. The highest BCUT2D eigenvalue weighted by molar-refractivity contribution is 6.30. The Morgan fingerprint density at radius 3 is 2.85 bits per heavy atom. The predicted molar refractivity (Wildman–Crippen MR) is 81.0 cm³/mol. The number of carbonyl (C=O) groups is 1. The highest BCUT2D eigenvalue weighted by Gasteiger charge is 2.00. The summed E-state index contributed by atoms with van der Waals surface area (Å²) in [7, 11) is 0. The first-order valence-electron chi connectivity index (χ1n) is 6.06. The van der Waals surface area contributed by atoms with E-state index in [0.717, 1.165) is 5.56 Å². The monoisotopic (exact) mass is 287 g/mol. The molecular weight excluding hydrogens is 274 g/mol. The van der Waals surface area contributed by atoms with E-state index in [0.29, 0.717) is 22.9 Å². The molecule has 4 nitrogen and oxygen atoms in total. The van der Waals surface area contributed by atoms with Crippen molar-refractivity contribution >= 4 is 29.4 Å². The molecule has 0 saturated carbocycles. The third kappa shape index (κ3) is 4.10. The second-order valence-corrected chi connectivity index (χ2v) is 4.60.